The maximum absolute atomic E-state index is 7.52. The first-order chi connectivity index (χ1) is 15.7. The van der Waals surface area contributed by atoms with Gasteiger partial charge in [-0.05, 0) is 0 Å². The van der Waals surface area contributed by atoms with Crippen LogP contribution in [0.2, 0.25) is 4.22 Å². The van der Waals surface area contributed by atoms with Crippen LogP contribution in [0.5, 0.6) is 0 Å². The topological polar surface area (TPSA) is 29.3 Å². The van der Waals surface area contributed by atoms with Gasteiger partial charge in [-0.3, -0.25) is 0 Å². The SMILES string of the molecule is CN(C)C1CCC(C2c3ccccc3-c3ccccc32)[CH]([Ti]([NH2])([Cl])([Cl])[CH2]c2ccccc2)C1. The summed E-state index contributed by atoms with van der Waals surface area (Å²) in [7, 11) is 19.4. The normalized spacial score (nSPS) is 24.2. The van der Waals surface area contributed by atoms with Crippen molar-refractivity contribution >= 4 is 18.6 Å². The fraction of sp³-hybridized carbons (Fsp3) is 0.357. The van der Waals surface area contributed by atoms with Crippen molar-refractivity contribution in [2.75, 3.05) is 14.1 Å². The van der Waals surface area contributed by atoms with E-state index in [0.29, 0.717) is 22.6 Å². The van der Waals surface area contributed by atoms with Gasteiger partial charge in [-0.15, -0.1) is 0 Å². The Bertz CT molecular complexity index is 1090. The van der Waals surface area contributed by atoms with E-state index in [-0.39, 0.29) is 4.22 Å². The summed E-state index contributed by atoms with van der Waals surface area (Å²) in [5.74, 6) is 0.636. The zero-order valence-electron chi connectivity index (χ0n) is 19.4. The Morgan fingerprint density at radius 1 is 0.818 bits per heavy atom. The predicted octanol–water partition coefficient (Wildman–Crippen LogP) is 7.39. The number of hydrogen-bond acceptors (Lipinski definition) is 2. The molecule has 5 rings (SSSR count). The minimum absolute atomic E-state index is 0.121. The summed E-state index contributed by atoms with van der Waals surface area (Å²) in [5.41, 5.74) is 6.67. The fourth-order valence-electron chi connectivity index (χ4n) is 6.49. The molecule has 2 N–H and O–H groups in total. The molecule has 0 spiro atoms. The molecule has 1 fully saturated rings. The number of fused-ring (bicyclic) bond motifs is 3. The molecule has 0 amide bonds. The Morgan fingerprint density at radius 3 is 1.94 bits per heavy atom. The Kier molecular flexibility index (Phi) is 6.31. The average molecular weight is 516 g/mol. The molecular formula is C28H33Cl2N2Ti. The van der Waals surface area contributed by atoms with Crippen LogP contribution in [0.4, 0.5) is 0 Å². The van der Waals surface area contributed by atoms with Crippen molar-refractivity contribution in [1.29, 1.82) is 0 Å². The molecule has 3 atom stereocenters. The summed E-state index contributed by atoms with van der Waals surface area (Å²) in [6.07, 6.45) is 3.20. The van der Waals surface area contributed by atoms with E-state index in [9.17, 15) is 0 Å². The van der Waals surface area contributed by atoms with E-state index >= 15 is 0 Å². The molecule has 2 nitrogen and oxygen atoms in total. The zero-order valence-corrected chi connectivity index (χ0v) is 22.5. The number of halogens is 2. The van der Waals surface area contributed by atoms with E-state index < -0.39 is 13.4 Å². The first-order valence-electron chi connectivity index (χ1n) is 12.0. The van der Waals surface area contributed by atoms with Crippen molar-refractivity contribution < 1.29 is 13.4 Å². The summed E-state index contributed by atoms with van der Waals surface area (Å²) in [4.78, 5) is 2.33. The quantitative estimate of drug-likeness (QED) is 0.359. The van der Waals surface area contributed by atoms with Gasteiger partial charge in [0.1, 0.15) is 0 Å². The number of hydrogen-bond donors (Lipinski definition) is 1. The van der Waals surface area contributed by atoms with Crippen LogP contribution in [0, 0.1) is 5.92 Å². The third-order valence-corrected chi connectivity index (χ3v) is 16.6. The molecule has 1 saturated carbocycles. The van der Waals surface area contributed by atoms with Crippen LogP contribution in [-0.2, 0) is 18.2 Å². The Morgan fingerprint density at radius 2 is 1.36 bits per heavy atom. The third kappa shape index (κ3) is 4.47. The number of rotatable bonds is 5. The average Bonchev–Trinajstić information content (AvgIpc) is 3.13. The Labute approximate surface area is 207 Å². The first kappa shape index (κ1) is 23.6. The molecule has 2 aliphatic carbocycles. The fourth-order valence-corrected chi connectivity index (χ4v) is 14.9. The van der Waals surface area contributed by atoms with Crippen molar-refractivity contribution in [3.8, 4) is 11.1 Å². The van der Waals surface area contributed by atoms with Crippen molar-refractivity contribution in [2.24, 2.45) is 10.1 Å². The van der Waals surface area contributed by atoms with Crippen LogP contribution in [0.25, 0.3) is 11.1 Å². The van der Waals surface area contributed by atoms with Gasteiger partial charge in [0, 0.05) is 0 Å². The molecule has 0 aromatic heterocycles. The van der Waals surface area contributed by atoms with E-state index in [0.717, 1.165) is 24.8 Å². The maximum atomic E-state index is 7.52. The number of benzene rings is 3. The second kappa shape index (κ2) is 8.83. The van der Waals surface area contributed by atoms with Crippen LogP contribution >= 0.6 is 18.6 Å². The second-order valence-corrected chi connectivity index (χ2v) is 24.5. The number of nitrogens with zero attached hydrogens (tertiary/aromatic N) is 1. The van der Waals surface area contributed by atoms with E-state index in [4.69, 9.17) is 22.8 Å². The monoisotopic (exact) mass is 515 g/mol. The van der Waals surface area contributed by atoms with Gasteiger partial charge in [0.25, 0.3) is 0 Å². The van der Waals surface area contributed by atoms with Crippen molar-refractivity contribution in [3.63, 3.8) is 0 Å². The molecule has 0 radical (unpaired) electrons. The van der Waals surface area contributed by atoms with Crippen molar-refractivity contribution in [2.45, 2.75) is 40.2 Å². The molecule has 3 unspecified atom stereocenters. The molecule has 0 heterocycles. The third-order valence-electron chi connectivity index (χ3n) is 8.06. The molecule has 5 heteroatoms. The van der Waals surface area contributed by atoms with Crippen LogP contribution < -0.4 is 4.22 Å². The first-order valence-corrected chi connectivity index (χ1v) is 19.2. The van der Waals surface area contributed by atoms with Gasteiger partial charge < -0.3 is 0 Å². The van der Waals surface area contributed by atoms with E-state index in [1.165, 1.54) is 22.3 Å². The van der Waals surface area contributed by atoms with Gasteiger partial charge in [-0.1, -0.05) is 0 Å². The predicted molar refractivity (Wildman–Crippen MR) is 138 cm³/mol. The van der Waals surface area contributed by atoms with Crippen molar-refractivity contribution in [3.05, 3.63) is 95.6 Å². The molecule has 33 heavy (non-hydrogen) atoms. The van der Waals surface area contributed by atoms with E-state index in [1.54, 1.807) is 0 Å². The van der Waals surface area contributed by atoms with Crippen LogP contribution in [-0.4, -0.2) is 25.0 Å². The zero-order chi connectivity index (χ0) is 23.2. The van der Waals surface area contributed by atoms with Gasteiger partial charge in [0.2, 0.25) is 0 Å². The molecule has 0 aliphatic heterocycles. The molecule has 173 valence electrons. The molecule has 2 aliphatic rings. The molecule has 3 aromatic rings. The Hall–Kier alpha value is -1.13. The summed E-state index contributed by atoms with van der Waals surface area (Å²) >= 11 is -4.43. The van der Waals surface area contributed by atoms with Crippen LogP contribution in [0.1, 0.15) is 41.9 Å². The van der Waals surface area contributed by atoms with Gasteiger partial charge in [0.05, 0.1) is 0 Å². The molecule has 0 saturated heterocycles. The van der Waals surface area contributed by atoms with Crippen molar-refractivity contribution in [1.82, 2.24) is 4.90 Å². The summed E-state index contributed by atoms with van der Waals surface area (Å²) in [6.45, 7) is 0. The molecule has 3 aromatic carbocycles. The minimum atomic E-state index is -4.43. The molecular weight excluding hydrogens is 483 g/mol. The summed E-state index contributed by atoms with van der Waals surface area (Å²) in [6, 6.07) is 28.5. The van der Waals surface area contributed by atoms with Gasteiger partial charge in [0.15, 0.2) is 0 Å². The standard InChI is InChI=1S/C21H24N.C7H7.2ClH.H2N.Ti/c1-22(2)16-13-11-15(12-14-16)21-19-9-5-3-7-17(19)18-8-4-6-10-20(18)21;1-7-5-3-2-4-6-7;;;;/h3-11,15-16,21H,12-14H2,1-2H3;2-6H,1H2;2*1H;1H2;/q;;;;-1;+3/p-2. The van der Waals surface area contributed by atoms with E-state index in [1.807, 2.05) is 6.07 Å². The van der Waals surface area contributed by atoms with Gasteiger partial charge in [-0.2, -0.15) is 0 Å². The summed E-state index contributed by atoms with van der Waals surface area (Å²) < 4.78 is 7.96. The van der Waals surface area contributed by atoms with Gasteiger partial charge in [-0.25, -0.2) is 0 Å². The second-order valence-electron chi connectivity index (χ2n) is 10.4. The van der Waals surface area contributed by atoms with Gasteiger partial charge >= 0.3 is 208 Å². The summed E-state index contributed by atoms with van der Waals surface area (Å²) in [5, 5.41) is 0. The Balaban J connectivity index is 1.60. The number of nitrogens with two attached hydrogens (primary N) is 1. The molecule has 0 bridgehead atoms. The van der Waals surface area contributed by atoms with Crippen LogP contribution in [0.15, 0.2) is 78.9 Å². The van der Waals surface area contributed by atoms with E-state index in [2.05, 4.69) is 91.8 Å². The van der Waals surface area contributed by atoms with Crippen LogP contribution in [0.3, 0.4) is 0 Å².